The first-order valence-electron chi connectivity index (χ1n) is 4.76. The van der Waals surface area contributed by atoms with Crippen LogP contribution in [-0.2, 0) is 4.74 Å². The van der Waals surface area contributed by atoms with Gasteiger partial charge in [0.15, 0.2) is 0 Å². The molecule has 1 fully saturated rings. The molecule has 1 aliphatic heterocycles. The summed E-state index contributed by atoms with van der Waals surface area (Å²) >= 11 is 1.54. The fourth-order valence-corrected chi connectivity index (χ4v) is 1.84. The normalized spacial score (nSPS) is 19.6. The number of carbonyl (C=O) groups is 1. The highest BCUT2D eigenvalue weighted by molar-refractivity contribution is 14.1. The molecule has 1 atom stereocenters. The molecular weight excluding hydrogens is 347 g/mol. The Morgan fingerprint density at radius 2 is 2.06 bits per heavy atom. The molecule has 7 heteroatoms. The van der Waals surface area contributed by atoms with Crippen molar-refractivity contribution in [1.82, 2.24) is 0 Å². The standard InChI is InChI=1S/C10H8F2INO3/c11-7-1-5(2-8(12)9(7)13)14-3-6(4-15)17-10(14)16/h1-2,6,15H,3-4H2/t6-/m1/s1. The maximum atomic E-state index is 13.3. The Hall–Kier alpha value is -0.960. The first-order valence-corrected chi connectivity index (χ1v) is 5.84. The number of anilines is 1. The van der Waals surface area contributed by atoms with E-state index in [1.54, 1.807) is 22.6 Å². The van der Waals surface area contributed by atoms with Crippen molar-refractivity contribution >= 4 is 34.4 Å². The van der Waals surface area contributed by atoms with Crippen molar-refractivity contribution in [1.29, 1.82) is 0 Å². The highest BCUT2D eigenvalue weighted by Crippen LogP contribution is 2.26. The molecule has 1 N–H and O–H groups in total. The molecule has 0 unspecified atom stereocenters. The van der Waals surface area contributed by atoms with Crippen LogP contribution in [0.2, 0.25) is 0 Å². The summed E-state index contributed by atoms with van der Waals surface area (Å²) in [7, 11) is 0. The van der Waals surface area contributed by atoms with Gasteiger partial charge in [-0.15, -0.1) is 0 Å². The summed E-state index contributed by atoms with van der Waals surface area (Å²) in [5.41, 5.74) is 0.0846. The fraction of sp³-hybridized carbons (Fsp3) is 0.300. The minimum absolute atomic E-state index is 0.0782. The van der Waals surface area contributed by atoms with E-state index in [0.717, 1.165) is 17.0 Å². The third-order valence-corrected chi connectivity index (χ3v) is 3.39. The number of ether oxygens (including phenoxy) is 1. The van der Waals surface area contributed by atoms with Gasteiger partial charge in [-0.05, 0) is 34.7 Å². The Bertz CT molecular complexity index is 446. The highest BCUT2D eigenvalue weighted by atomic mass is 127. The maximum Gasteiger partial charge on any atom is 0.414 e. The van der Waals surface area contributed by atoms with Gasteiger partial charge < -0.3 is 9.84 Å². The molecule has 1 aliphatic rings. The molecule has 0 saturated carbocycles. The minimum atomic E-state index is -0.735. The topological polar surface area (TPSA) is 49.8 Å². The summed E-state index contributed by atoms with van der Waals surface area (Å²) < 4.78 is 31.3. The number of amides is 1. The van der Waals surface area contributed by atoms with Crippen LogP contribution in [0.3, 0.4) is 0 Å². The third-order valence-electron chi connectivity index (χ3n) is 2.36. The molecule has 0 aromatic heterocycles. The average Bonchev–Trinajstić information content (AvgIpc) is 2.67. The largest absolute Gasteiger partial charge is 0.441 e. The molecule has 1 aromatic carbocycles. The second-order valence-electron chi connectivity index (χ2n) is 3.52. The number of halogens is 3. The lowest BCUT2D eigenvalue weighted by atomic mass is 10.2. The van der Waals surface area contributed by atoms with Crippen LogP contribution in [0.15, 0.2) is 12.1 Å². The van der Waals surface area contributed by atoms with Crippen LogP contribution in [-0.4, -0.2) is 30.5 Å². The van der Waals surface area contributed by atoms with Crippen molar-refractivity contribution < 1.29 is 23.4 Å². The average molecular weight is 355 g/mol. The maximum absolute atomic E-state index is 13.3. The van der Waals surface area contributed by atoms with E-state index < -0.39 is 23.8 Å². The number of rotatable bonds is 2. The van der Waals surface area contributed by atoms with E-state index in [1.807, 2.05) is 0 Å². The fourth-order valence-electron chi connectivity index (χ4n) is 1.53. The Morgan fingerprint density at radius 3 is 2.53 bits per heavy atom. The van der Waals surface area contributed by atoms with E-state index in [2.05, 4.69) is 0 Å². The molecule has 1 saturated heterocycles. The molecule has 0 radical (unpaired) electrons. The minimum Gasteiger partial charge on any atom is -0.441 e. The van der Waals surface area contributed by atoms with Gasteiger partial charge in [0.1, 0.15) is 17.7 Å². The number of nitrogens with zero attached hydrogens (tertiary/aromatic N) is 1. The number of benzene rings is 1. The van der Waals surface area contributed by atoms with Gasteiger partial charge in [0.05, 0.1) is 22.4 Å². The smallest absolute Gasteiger partial charge is 0.414 e. The van der Waals surface area contributed by atoms with Crippen molar-refractivity contribution in [3.63, 3.8) is 0 Å². The van der Waals surface area contributed by atoms with Gasteiger partial charge in [-0.1, -0.05) is 0 Å². The quantitative estimate of drug-likeness (QED) is 0.651. The number of carbonyl (C=O) groups excluding carboxylic acids is 1. The number of hydrogen-bond acceptors (Lipinski definition) is 3. The van der Waals surface area contributed by atoms with Crippen molar-refractivity contribution in [2.75, 3.05) is 18.1 Å². The van der Waals surface area contributed by atoms with Crippen LogP contribution in [0.1, 0.15) is 0 Å². The Balaban J connectivity index is 2.32. The van der Waals surface area contributed by atoms with Gasteiger partial charge in [0, 0.05) is 0 Å². The van der Waals surface area contributed by atoms with E-state index >= 15 is 0 Å². The molecule has 92 valence electrons. The highest BCUT2D eigenvalue weighted by Gasteiger charge is 2.32. The van der Waals surface area contributed by atoms with E-state index in [0.29, 0.717) is 0 Å². The van der Waals surface area contributed by atoms with Gasteiger partial charge in [-0.25, -0.2) is 13.6 Å². The molecule has 1 aromatic rings. The molecule has 0 spiro atoms. The number of cyclic esters (lactones) is 1. The Morgan fingerprint density at radius 1 is 1.47 bits per heavy atom. The van der Waals surface area contributed by atoms with Gasteiger partial charge in [-0.3, -0.25) is 4.90 Å². The lowest BCUT2D eigenvalue weighted by Crippen LogP contribution is -2.25. The summed E-state index contributed by atoms with van der Waals surface area (Å²) in [5, 5.41) is 8.85. The van der Waals surface area contributed by atoms with Gasteiger partial charge in [-0.2, -0.15) is 0 Å². The zero-order valence-electron chi connectivity index (χ0n) is 8.49. The van der Waals surface area contributed by atoms with Crippen molar-refractivity contribution in [2.45, 2.75) is 6.10 Å². The SMILES string of the molecule is O=C1O[C@@H](CO)CN1c1cc(F)c(I)c(F)c1. The first-order chi connectivity index (χ1) is 8.02. The van der Waals surface area contributed by atoms with E-state index in [4.69, 9.17) is 9.84 Å². The van der Waals surface area contributed by atoms with Crippen molar-refractivity contribution in [3.05, 3.63) is 27.3 Å². The predicted octanol–water partition coefficient (Wildman–Crippen LogP) is 1.89. The van der Waals surface area contributed by atoms with Crippen molar-refractivity contribution in [2.24, 2.45) is 0 Å². The summed E-state index contributed by atoms with van der Waals surface area (Å²) in [5.74, 6) is -1.47. The number of hydrogen-bond donors (Lipinski definition) is 1. The summed E-state index contributed by atoms with van der Waals surface area (Å²) in [4.78, 5) is 12.5. The number of aliphatic hydroxyl groups excluding tert-OH is 1. The molecule has 0 bridgehead atoms. The molecule has 1 amide bonds. The van der Waals surface area contributed by atoms with E-state index in [9.17, 15) is 13.6 Å². The summed E-state index contributed by atoms with van der Waals surface area (Å²) in [6, 6.07) is 2.12. The van der Waals surface area contributed by atoms with E-state index in [1.165, 1.54) is 0 Å². The lowest BCUT2D eigenvalue weighted by Gasteiger charge is -2.13. The van der Waals surface area contributed by atoms with E-state index in [-0.39, 0.29) is 22.4 Å². The summed E-state index contributed by atoms with van der Waals surface area (Å²) in [6.07, 6.45) is -1.38. The molecule has 4 nitrogen and oxygen atoms in total. The second kappa shape index (κ2) is 4.73. The molecule has 2 rings (SSSR count). The molecular formula is C10H8F2INO3. The van der Waals surface area contributed by atoms with Gasteiger partial charge in [0.2, 0.25) is 0 Å². The van der Waals surface area contributed by atoms with Crippen LogP contribution in [0.25, 0.3) is 0 Å². The first kappa shape index (κ1) is 12.5. The van der Waals surface area contributed by atoms with Gasteiger partial charge >= 0.3 is 6.09 Å². The van der Waals surface area contributed by atoms with Crippen molar-refractivity contribution in [3.8, 4) is 0 Å². The number of aliphatic hydroxyl groups is 1. The molecule has 1 heterocycles. The van der Waals surface area contributed by atoms with Crippen LogP contribution in [0.4, 0.5) is 19.3 Å². The predicted molar refractivity (Wildman–Crippen MR) is 63.8 cm³/mol. The van der Waals surface area contributed by atoms with Crippen LogP contribution < -0.4 is 4.90 Å². The van der Waals surface area contributed by atoms with Gasteiger partial charge in [0.25, 0.3) is 0 Å². The zero-order valence-corrected chi connectivity index (χ0v) is 10.6. The second-order valence-corrected chi connectivity index (χ2v) is 4.60. The Labute approximate surface area is 109 Å². The molecule has 0 aliphatic carbocycles. The zero-order chi connectivity index (χ0) is 12.6. The lowest BCUT2D eigenvalue weighted by molar-refractivity contribution is 0.0963. The Kier molecular flexibility index (Phi) is 3.48. The summed E-state index contributed by atoms with van der Waals surface area (Å²) in [6.45, 7) is -0.244. The monoisotopic (exact) mass is 355 g/mol. The molecule has 17 heavy (non-hydrogen) atoms. The van der Waals surface area contributed by atoms with Crippen LogP contribution >= 0.6 is 22.6 Å². The van der Waals surface area contributed by atoms with Crippen LogP contribution in [0, 0.1) is 15.2 Å². The third kappa shape index (κ3) is 2.34. The van der Waals surface area contributed by atoms with Crippen LogP contribution in [0.5, 0.6) is 0 Å².